The van der Waals surface area contributed by atoms with Crippen molar-refractivity contribution in [2.45, 2.75) is 62.9 Å². The first-order chi connectivity index (χ1) is 16.0. The van der Waals surface area contributed by atoms with Crippen LogP contribution in [0.15, 0.2) is 12.2 Å². The van der Waals surface area contributed by atoms with E-state index in [4.69, 9.17) is 29.4 Å². The number of phosphoric acid groups is 1. The van der Waals surface area contributed by atoms with Crippen molar-refractivity contribution in [2.75, 3.05) is 19.7 Å². The van der Waals surface area contributed by atoms with Crippen LogP contribution in [0.5, 0.6) is 0 Å². The second-order valence-electron chi connectivity index (χ2n) is 7.60. The Labute approximate surface area is 202 Å². The van der Waals surface area contributed by atoms with Crippen LogP contribution in [0.4, 0.5) is 0 Å². The Hall–Kier alpha value is -0.950. The number of hydrogen-bond acceptors (Lipinski definition) is 7. The van der Waals surface area contributed by atoms with Gasteiger partial charge in [-0.3, -0.25) is 23.2 Å². The Balaban J connectivity index is 3.85. The van der Waals surface area contributed by atoms with E-state index < -0.39 is 34.5 Å². The summed E-state index contributed by atoms with van der Waals surface area (Å²) < 4.78 is 37.1. The Morgan fingerprint density at radius 1 is 0.743 bits per heavy atom. The monoisotopic (exact) mass is 568 g/mol. The van der Waals surface area contributed by atoms with Crippen LogP contribution in [0.25, 0.3) is 0 Å². The quantitative estimate of drug-likeness (QED) is 0.0581. The molecule has 9 N–H and O–H groups in total. The summed E-state index contributed by atoms with van der Waals surface area (Å²) in [5.74, 6) is -0.603. The van der Waals surface area contributed by atoms with Gasteiger partial charge in [0.2, 0.25) is 11.8 Å². The van der Waals surface area contributed by atoms with Crippen molar-refractivity contribution < 1.29 is 62.3 Å². The number of phosphoric ester groups is 1. The van der Waals surface area contributed by atoms with Crippen LogP contribution in [0.2, 0.25) is 0 Å². The molecule has 0 unspecified atom stereocenters. The maximum absolute atomic E-state index is 11.8. The van der Waals surface area contributed by atoms with Gasteiger partial charge in [0.15, 0.2) is 0 Å². The van der Waals surface area contributed by atoms with Gasteiger partial charge in [-0.25, -0.2) is 4.57 Å². The molecule has 0 rings (SSSR count). The number of allylic oxidation sites excluding steroid dienone is 2. The highest BCUT2D eigenvalue weighted by atomic mass is 31.2. The third kappa shape index (κ3) is 15.7. The van der Waals surface area contributed by atoms with Gasteiger partial charge in [0.1, 0.15) is 0 Å². The standard InChI is InChI=1S/C17H35N2O13P3/c20-15(18-12-8-11-17(22,33(23,24)25)34(26,27)28)9-6-4-2-1-3-5-7-10-16(21)19-13-14-32-35(29,30)31/h1,3,22H,2,4-14H2,(H,18,20)(H,19,21)(H2,23,24,25)(H2,26,27,28)(H2,29,30,31)/b3-1+. The SMILES string of the molecule is O=C(CCCC/C=C/CCCC(=O)NCCOP(=O)(O)O)NCCCC(O)(P(=O)(O)O)P(=O)(O)O. The summed E-state index contributed by atoms with van der Waals surface area (Å²) in [7, 11) is -15.5. The van der Waals surface area contributed by atoms with Crippen LogP contribution in [0, 0.1) is 0 Å². The van der Waals surface area contributed by atoms with E-state index in [1.54, 1.807) is 0 Å². The van der Waals surface area contributed by atoms with Gasteiger partial charge in [-0.15, -0.1) is 0 Å². The number of carbonyl (C=O) groups is 2. The molecule has 0 heterocycles. The maximum Gasteiger partial charge on any atom is 0.469 e. The van der Waals surface area contributed by atoms with E-state index in [0.29, 0.717) is 32.1 Å². The summed E-state index contributed by atoms with van der Waals surface area (Å²) in [4.78, 5) is 76.4. The third-order valence-corrected chi connectivity index (χ3v) is 8.99. The Morgan fingerprint density at radius 2 is 1.23 bits per heavy atom. The van der Waals surface area contributed by atoms with Crippen LogP contribution < -0.4 is 10.6 Å². The molecule has 0 aliphatic rings. The lowest BCUT2D eigenvalue weighted by Gasteiger charge is -2.29. The fraction of sp³-hybridized carbons (Fsp3) is 0.765. The lowest BCUT2D eigenvalue weighted by atomic mass is 10.1. The summed E-state index contributed by atoms with van der Waals surface area (Å²) >= 11 is 0. The minimum Gasteiger partial charge on any atom is -0.368 e. The van der Waals surface area contributed by atoms with Crippen LogP contribution in [-0.4, -0.2) is 71.1 Å². The van der Waals surface area contributed by atoms with Crippen molar-refractivity contribution in [3.8, 4) is 0 Å². The van der Waals surface area contributed by atoms with E-state index in [1.807, 2.05) is 12.2 Å². The predicted molar refractivity (Wildman–Crippen MR) is 124 cm³/mol. The van der Waals surface area contributed by atoms with E-state index in [1.165, 1.54) is 0 Å². The van der Waals surface area contributed by atoms with Crippen molar-refractivity contribution in [3.05, 3.63) is 12.2 Å². The number of aliphatic hydroxyl groups is 1. The van der Waals surface area contributed by atoms with Gasteiger partial charge in [0.05, 0.1) is 6.61 Å². The van der Waals surface area contributed by atoms with Gasteiger partial charge in [0.25, 0.3) is 5.08 Å². The smallest absolute Gasteiger partial charge is 0.368 e. The molecule has 0 atom stereocenters. The minimum absolute atomic E-state index is 0.00360. The molecule has 0 saturated carbocycles. The van der Waals surface area contributed by atoms with Crippen LogP contribution >= 0.6 is 23.0 Å². The molecule has 0 spiro atoms. The second kappa shape index (κ2) is 16.0. The first-order valence-corrected chi connectivity index (χ1v) is 15.5. The van der Waals surface area contributed by atoms with Crippen LogP contribution in [0.1, 0.15) is 57.8 Å². The zero-order chi connectivity index (χ0) is 27.2. The highest BCUT2D eigenvalue weighted by Crippen LogP contribution is 2.69. The van der Waals surface area contributed by atoms with Crippen molar-refractivity contribution in [1.29, 1.82) is 0 Å². The molecule has 18 heteroatoms. The molecule has 0 aromatic carbocycles. The number of carbonyl (C=O) groups excluding carboxylic acids is 2. The second-order valence-corrected chi connectivity index (χ2v) is 12.8. The lowest BCUT2D eigenvalue weighted by molar-refractivity contribution is -0.122. The van der Waals surface area contributed by atoms with E-state index in [0.717, 1.165) is 0 Å². The zero-order valence-electron chi connectivity index (χ0n) is 19.1. The molecule has 2 amide bonds. The summed E-state index contributed by atoms with van der Waals surface area (Å²) in [6.07, 6.45) is 6.32. The zero-order valence-corrected chi connectivity index (χ0v) is 21.7. The van der Waals surface area contributed by atoms with Crippen molar-refractivity contribution in [1.82, 2.24) is 10.6 Å². The topological polar surface area (TPSA) is 260 Å². The molecule has 206 valence electrons. The molecule has 0 aliphatic heterocycles. The van der Waals surface area contributed by atoms with Gasteiger partial charge >= 0.3 is 23.0 Å². The molecule has 15 nitrogen and oxygen atoms in total. The van der Waals surface area contributed by atoms with Gasteiger partial charge in [-0.2, -0.15) is 0 Å². The molecule has 0 radical (unpaired) electrons. The average molecular weight is 568 g/mol. The highest BCUT2D eigenvalue weighted by Gasteiger charge is 2.58. The first kappa shape index (κ1) is 34.0. The average Bonchev–Trinajstić information content (AvgIpc) is 2.70. The third-order valence-electron chi connectivity index (χ3n) is 4.59. The number of hydrogen-bond donors (Lipinski definition) is 9. The fourth-order valence-electron chi connectivity index (χ4n) is 2.71. The fourth-order valence-corrected chi connectivity index (χ4v) is 5.30. The summed E-state index contributed by atoms with van der Waals surface area (Å²) in [5, 5.41) is 11.2. The van der Waals surface area contributed by atoms with Crippen LogP contribution in [-0.2, 0) is 27.8 Å². The molecular formula is C17H35N2O13P3. The Morgan fingerprint density at radius 3 is 1.74 bits per heavy atom. The summed E-state index contributed by atoms with van der Waals surface area (Å²) in [5.41, 5.74) is 0. The van der Waals surface area contributed by atoms with Crippen molar-refractivity contribution >= 4 is 34.8 Å². The van der Waals surface area contributed by atoms with E-state index in [2.05, 4.69) is 15.2 Å². The Bertz CT molecular complexity index is 811. The normalized spacial score (nSPS) is 13.2. The minimum atomic E-state index is -5.50. The van der Waals surface area contributed by atoms with Gasteiger partial charge in [0, 0.05) is 32.4 Å². The highest BCUT2D eigenvalue weighted by molar-refractivity contribution is 7.72. The van der Waals surface area contributed by atoms with E-state index in [-0.39, 0.29) is 50.8 Å². The van der Waals surface area contributed by atoms with Gasteiger partial charge in [-0.1, -0.05) is 12.2 Å². The van der Waals surface area contributed by atoms with Gasteiger partial charge < -0.3 is 45.1 Å². The van der Waals surface area contributed by atoms with Crippen LogP contribution in [0.3, 0.4) is 0 Å². The number of amides is 2. The summed E-state index contributed by atoms with van der Waals surface area (Å²) in [6.45, 7) is -0.411. The number of rotatable bonds is 19. The summed E-state index contributed by atoms with van der Waals surface area (Å²) in [6, 6.07) is 0. The van der Waals surface area contributed by atoms with Gasteiger partial charge in [-0.05, 0) is 38.5 Å². The number of nitrogens with one attached hydrogen (secondary N) is 2. The molecule has 0 aromatic heterocycles. The van der Waals surface area contributed by atoms with Crippen molar-refractivity contribution in [3.63, 3.8) is 0 Å². The molecule has 0 fully saturated rings. The largest absolute Gasteiger partial charge is 0.469 e. The van der Waals surface area contributed by atoms with E-state index >= 15 is 0 Å². The molecule has 0 bridgehead atoms. The molecule has 0 aromatic rings. The van der Waals surface area contributed by atoms with E-state index in [9.17, 15) is 28.4 Å². The molecule has 0 aliphatic carbocycles. The lowest BCUT2D eigenvalue weighted by Crippen LogP contribution is -2.31. The molecule has 0 saturated heterocycles. The predicted octanol–water partition coefficient (Wildman–Crippen LogP) is 0.397. The number of unbranched alkanes of at least 4 members (excludes halogenated alkanes) is 3. The molecular weight excluding hydrogens is 533 g/mol. The Kier molecular flexibility index (Phi) is 15.6. The first-order valence-electron chi connectivity index (χ1n) is 10.7. The molecule has 35 heavy (non-hydrogen) atoms. The maximum atomic E-state index is 11.8. The van der Waals surface area contributed by atoms with Crippen molar-refractivity contribution in [2.24, 2.45) is 0 Å².